The number of rotatable bonds is 21. The summed E-state index contributed by atoms with van der Waals surface area (Å²) in [6.45, 7) is 7.02. The Balaban J connectivity index is 1.14. The standard InChI is InChI=1S/C36H55N5O8/c1-45-29-17-23(18-30(46-2)35(29)43)32-24-19-27-28(49-22-48-27)20-25(24)34(26-21-47-36(44)33(26)32)41-31(42)9-3-4-11-39-15-8-16-40-13-6-5-12-38-14-7-10-37/h17-20,26,32-34,36,38-40,43-44H,3-16,21-22,37H2,1-2H3,(H,41,42)/t26-,32+,33-,34+,36?/m0/s1. The lowest BCUT2D eigenvalue weighted by Crippen LogP contribution is -2.43. The Labute approximate surface area is 289 Å². The zero-order chi connectivity index (χ0) is 34.6. The molecule has 0 saturated carbocycles. The molecule has 3 aliphatic rings. The number of methoxy groups -OCH3 is 2. The van der Waals surface area contributed by atoms with Crippen molar-refractivity contribution in [3.05, 3.63) is 41.0 Å². The predicted octanol–water partition coefficient (Wildman–Crippen LogP) is 2.48. The Morgan fingerprint density at radius 3 is 2.02 bits per heavy atom. The Morgan fingerprint density at radius 2 is 1.41 bits per heavy atom. The van der Waals surface area contributed by atoms with Gasteiger partial charge >= 0.3 is 0 Å². The van der Waals surface area contributed by atoms with Gasteiger partial charge in [-0.3, -0.25) is 4.79 Å². The van der Waals surface area contributed by atoms with Crippen LogP contribution in [-0.4, -0.2) is 95.8 Å². The number of ether oxygens (including phenoxy) is 5. The summed E-state index contributed by atoms with van der Waals surface area (Å²) in [5.41, 5.74) is 8.05. The Kier molecular flexibility index (Phi) is 14.0. The van der Waals surface area contributed by atoms with Crippen molar-refractivity contribution < 1.29 is 38.7 Å². The van der Waals surface area contributed by atoms with E-state index >= 15 is 0 Å². The first-order chi connectivity index (χ1) is 24.0. The summed E-state index contributed by atoms with van der Waals surface area (Å²) in [6.07, 6.45) is 5.44. The van der Waals surface area contributed by atoms with Crippen LogP contribution in [0.2, 0.25) is 0 Å². The minimum atomic E-state index is -1.06. The zero-order valence-corrected chi connectivity index (χ0v) is 28.9. The van der Waals surface area contributed by atoms with Crippen LogP contribution < -0.4 is 45.9 Å². The van der Waals surface area contributed by atoms with E-state index in [0.717, 1.165) is 88.2 Å². The van der Waals surface area contributed by atoms with Gasteiger partial charge in [-0.05, 0) is 125 Å². The summed E-state index contributed by atoms with van der Waals surface area (Å²) in [7, 11) is 2.96. The Morgan fingerprint density at radius 1 is 0.837 bits per heavy atom. The molecule has 5 rings (SSSR count). The van der Waals surface area contributed by atoms with E-state index in [2.05, 4.69) is 21.3 Å². The number of aliphatic hydroxyl groups is 1. The minimum absolute atomic E-state index is 0.0426. The van der Waals surface area contributed by atoms with Crippen LogP contribution in [0.15, 0.2) is 24.3 Å². The first-order valence-electron chi connectivity index (χ1n) is 17.8. The van der Waals surface area contributed by atoms with Crippen molar-refractivity contribution >= 4 is 5.91 Å². The van der Waals surface area contributed by atoms with E-state index in [9.17, 15) is 15.0 Å². The van der Waals surface area contributed by atoms with E-state index in [1.54, 1.807) is 12.1 Å². The molecule has 5 atom stereocenters. The van der Waals surface area contributed by atoms with Gasteiger partial charge in [0.05, 0.1) is 26.9 Å². The topological polar surface area (TPSA) is 178 Å². The number of phenols is 1. The largest absolute Gasteiger partial charge is 0.502 e. The number of carbonyl (C=O) groups is 1. The molecule has 2 aromatic carbocycles. The number of nitrogens with one attached hydrogen (secondary N) is 4. The number of amides is 1. The Hall–Kier alpha value is -3.33. The van der Waals surface area contributed by atoms with Crippen molar-refractivity contribution in [1.82, 2.24) is 21.3 Å². The van der Waals surface area contributed by atoms with Crippen LogP contribution in [-0.2, 0) is 9.53 Å². The third kappa shape index (κ3) is 9.27. The highest BCUT2D eigenvalue weighted by Gasteiger charge is 2.52. The van der Waals surface area contributed by atoms with Gasteiger partial charge in [-0.1, -0.05) is 0 Å². The molecule has 272 valence electrons. The van der Waals surface area contributed by atoms with Gasteiger partial charge in [-0.25, -0.2) is 0 Å². The van der Waals surface area contributed by atoms with Crippen LogP contribution >= 0.6 is 0 Å². The van der Waals surface area contributed by atoms with Crippen LogP contribution in [0, 0.1) is 11.8 Å². The first-order valence-corrected chi connectivity index (χ1v) is 17.8. The lowest BCUT2D eigenvalue weighted by Gasteiger charge is -2.41. The van der Waals surface area contributed by atoms with Gasteiger partial charge in [0, 0.05) is 24.2 Å². The molecule has 0 radical (unpaired) electrons. The number of carbonyl (C=O) groups excluding carboxylic acids is 1. The number of hydrogen-bond donors (Lipinski definition) is 7. The highest BCUT2D eigenvalue weighted by Crippen LogP contribution is 2.56. The van der Waals surface area contributed by atoms with E-state index < -0.39 is 12.3 Å². The number of aliphatic hydroxyl groups excluding tert-OH is 1. The van der Waals surface area contributed by atoms with Crippen molar-refractivity contribution in [2.24, 2.45) is 17.6 Å². The maximum absolute atomic E-state index is 13.4. The van der Waals surface area contributed by atoms with E-state index in [1.165, 1.54) is 27.1 Å². The molecular weight excluding hydrogens is 630 g/mol. The number of benzene rings is 2. The van der Waals surface area contributed by atoms with Gasteiger partial charge in [0.2, 0.25) is 18.4 Å². The van der Waals surface area contributed by atoms with Gasteiger partial charge in [0.1, 0.15) is 0 Å². The maximum atomic E-state index is 13.4. The van der Waals surface area contributed by atoms with Crippen molar-refractivity contribution in [2.75, 3.05) is 73.4 Å². The van der Waals surface area contributed by atoms with E-state index in [0.29, 0.717) is 17.9 Å². The van der Waals surface area contributed by atoms with Crippen molar-refractivity contribution in [3.8, 4) is 28.7 Å². The predicted molar refractivity (Wildman–Crippen MR) is 185 cm³/mol. The highest BCUT2D eigenvalue weighted by molar-refractivity contribution is 5.77. The average Bonchev–Trinajstić information content (AvgIpc) is 3.73. The number of aromatic hydroxyl groups is 1. The summed E-state index contributed by atoms with van der Waals surface area (Å²) in [5.74, 6) is 0.630. The molecule has 1 amide bonds. The Bertz CT molecular complexity index is 1340. The first kappa shape index (κ1) is 36.9. The number of hydrogen-bond acceptors (Lipinski definition) is 12. The van der Waals surface area contributed by atoms with Crippen LogP contribution in [0.1, 0.15) is 73.6 Å². The molecule has 0 spiro atoms. The van der Waals surface area contributed by atoms with Crippen LogP contribution in [0.5, 0.6) is 28.7 Å². The smallest absolute Gasteiger partial charge is 0.231 e. The summed E-state index contributed by atoms with van der Waals surface area (Å²) in [6, 6.07) is 6.99. The molecule has 1 unspecified atom stereocenters. The monoisotopic (exact) mass is 685 g/mol. The lowest BCUT2D eigenvalue weighted by molar-refractivity contribution is -0.122. The maximum Gasteiger partial charge on any atom is 0.231 e. The zero-order valence-electron chi connectivity index (χ0n) is 28.9. The number of nitrogens with two attached hydrogens (primary N) is 1. The highest BCUT2D eigenvalue weighted by atomic mass is 16.7. The normalized spacial score (nSPS) is 22.1. The number of fused-ring (bicyclic) bond motifs is 3. The van der Waals surface area contributed by atoms with Gasteiger partial charge in [-0.15, -0.1) is 0 Å². The van der Waals surface area contributed by atoms with Gasteiger partial charge < -0.3 is 60.9 Å². The average molecular weight is 686 g/mol. The van der Waals surface area contributed by atoms with E-state index in [-0.39, 0.29) is 54.3 Å². The molecule has 8 N–H and O–H groups in total. The van der Waals surface area contributed by atoms with Gasteiger partial charge in [-0.2, -0.15) is 0 Å². The summed E-state index contributed by atoms with van der Waals surface area (Å²) < 4.78 is 28.2. The number of unbranched alkanes of at least 4 members (excludes halogenated alkanes) is 2. The van der Waals surface area contributed by atoms with Crippen LogP contribution in [0.3, 0.4) is 0 Å². The molecule has 2 aliphatic heterocycles. The molecule has 2 aromatic rings. The third-order valence-corrected chi connectivity index (χ3v) is 9.75. The number of phenolic OH excluding ortho intramolecular Hbond substituents is 1. The molecule has 13 nitrogen and oxygen atoms in total. The SMILES string of the molecule is COc1cc([C@@H]2c3cc4c(cc3[C@@H](NC(=O)CCCCNCCCNCCCCNCCCN)[C@H]3COC(O)[C@H]23)OCO4)cc(OC)c1O. The molecule has 1 saturated heterocycles. The molecule has 0 bridgehead atoms. The second-order valence-electron chi connectivity index (χ2n) is 13.0. The van der Waals surface area contributed by atoms with Crippen LogP contribution in [0.4, 0.5) is 0 Å². The van der Waals surface area contributed by atoms with E-state index in [4.69, 9.17) is 29.4 Å². The third-order valence-electron chi connectivity index (χ3n) is 9.75. The van der Waals surface area contributed by atoms with E-state index in [1.807, 2.05) is 12.1 Å². The fourth-order valence-corrected chi connectivity index (χ4v) is 7.23. The lowest BCUT2D eigenvalue weighted by atomic mass is 9.65. The molecule has 0 aromatic heterocycles. The second kappa shape index (κ2) is 18.6. The van der Waals surface area contributed by atoms with Gasteiger partial charge in [0.25, 0.3) is 0 Å². The summed E-state index contributed by atoms with van der Waals surface area (Å²) in [5, 5.41) is 35.5. The van der Waals surface area contributed by atoms with Crippen LogP contribution in [0.25, 0.3) is 0 Å². The molecule has 1 fully saturated rings. The van der Waals surface area contributed by atoms with Crippen molar-refractivity contribution in [2.45, 2.75) is 63.2 Å². The molecular formula is C36H55N5O8. The summed E-state index contributed by atoms with van der Waals surface area (Å²) in [4.78, 5) is 13.4. The van der Waals surface area contributed by atoms with Crippen molar-refractivity contribution in [3.63, 3.8) is 0 Å². The summed E-state index contributed by atoms with van der Waals surface area (Å²) >= 11 is 0. The molecule has 13 heteroatoms. The second-order valence-corrected chi connectivity index (χ2v) is 13.0. The fraction of sp³-hybridized carbons (Fsp3) is 0.639. The quantitative estimate of drug-likeness (QED) is 0.0957. The molecule has 1 aliphatic carbocycles. The van der Waals surface area contributed by atoms with Crippen molar-refractivity contribution in [1.29, 1.82) is 0 Å². The fourth-order valence-electron chi connectivity index (χ4n) is 7.23. The minimum Gasteiger partial charge on any atom is -0.502 e. The molecule has 49 heavy (non-hydrogen) atoms. The molecule has 2 heterocycles. The van der Waals surface area contributed by atoms with Gasteiger partial charge in [0.15, 0.2) is 29.3 Å².